The van der Waals surface area contributed by atoms with Crippen molar-refractivity contribution in [2.24, 2.45) is 11.7 Å². The summed E-state index contributed by atoms with van der Waals surface area (Å²) in [5, 5.41) is 0. The van der Waals surface area contributed by atoms with Gasteiger partial charge in [0.1, 0.15) is 0 Å². The van der Waals surface area contributed by atoms with Crippen molar-refractivity contribution in [1.82, 2.24) is 0 Å². The quantitative estimate of drug-likeness (QED) is 0.824. The maximum Gasteiger partial charge on any atom is 0.169 e. The van der Waals surface area contributed by atoms with Gasteiger partial charge in [-0.05, 0) is 40.8 Å². The highest BCUT2D eigenvalue weighted by atomic mass is 79.9. The largest absolute Gasteiger partial charge is 0.457 e. The first-order valence-electron chi connectivity index (χ1n) is 3.77. The summed E-state index contributed by atoms with van der Waals surface area (Å²) in [6.07, 6.45) is 4.26. The van der Waals surface area contributed by atoms with Crippen LogP contribution in [0.4, 0.5) is 0 Å². The van der Waals surface area contributed by atoms with Crippen LogP contribution in [0.3, 0.4) is 0 Å². The van der Waals surface area contributed by atoms with Gasteiger partial charge < -0.3 is 10.2 Å². The molecular weight excluding hydrogens is 206 g/mol. The Morgan fingerprint density at radius 3 is 2.82 bits per heavy atom. The van der Waals surface area contributed by atoms with Crippen molar-refractivity contribution >= 4 is 15.9 Å². The topological polar surface area (TPSA) is 39.2 Å². The number of halogens is 1. The van der Waals surface area contributed by atoms with Gasteiger partial charge in [0.05, 0.1) is 6.26 Å². The summed E-state index contributed by atoms with van der Waals surface area (Å²) >= 11 is 3.25. The van der Waals surface area contributed by atoms with Gasteiger partial charge in [-0.15, -0.1) is 0 Å². The summed E-state index contributed by atoms with van der Waals surface area (Å²) in [6, 6.07) is 2.13. The fraction of sp³-hybridized carbons (Fsp3) is 0.500. The number of hydrogen-bond donors (Lipinski definition) is 1. The van der Waals surface area contributed by atoms with Gasteiger partial charge in [0.25, 0.3) is 0 Å². The Labute approximate surface area is 73.9 Å². The minimum Gasteiger partial charge on any atom is -0.457 e. The molecule has 1 fully saturated rings. The van der Waals surface area contributed by atoms with Crippen LogP contribution in [-0.2, 0) is 0 Å². The Morgan fingerprint density at radius 1 is 1.64 bits per heavy atom. The van der Waals surface area contributed by atoms with Crippen LogP contribution >= 0.6 is 15.9 Å². The maximum atomic E-state index is 5.93. The normalized spacial score (nSPS) is 20.2. The lowest BCUT2D eigenvalue weighted by Crippen LogP contribution is -2.10. The minimum absolute atomic E-state index is 0.185. The summed E-state index contributed by atoms with van der Waals surface area (Å²) in [4.78, 5) is 0. The highest BCUT2D eigenvalue weighted by molar-refractivity contribution is 9.10. The van der Waals surface area contributed by atoms with E-state index in [1.165, 1.54) is 12.8 Å². The third kappa shape index (κ3) is 1.49. The van der Waals surface area contributed by atoms with Crippen LogP contribution in [0.15, 0.2) is 21.4 Å². The van der Waals surface area contributed by atoms with Crippen molar-refractivity contribution in [3.8, 4) is 0 Å². The summed E-state index contributed by atoms with van der Waals surface area (Å²) < 4.78 is 5.87. The molecule has 1 aromatic rings. The van der Waals surface area contributed by atoms with E-state index < -0.39 is 0 Å². The summed E-state index contributed by atoms with van der Waals surface area (Å²) in [5.74, 6) is 0.694. The van der Waals surface area contributed by atoms with Crippen molar-refractivity contribution in [3.05, 3.63) is 22.6 Å². The highest BCUT2D eigenvalue weighted by Crippen LogP contribution is 2.40. The summed E-state index contributed by atoms with van der Waals surface area (Å²) in [6.45, 7) is 0. The Hall–Kier alpha value is -0.280. The molecular formula is C8H10BrNO. The molecule has 0 radical (unpaired) electrons. The van der Waals surface area contributed by atoms with E-state index in [1.807, 2.05) is 6.07 Å². The molecule has 0 saturated heterocycles. The summed E-state index contributed by atoms with van der Waals surface area (Å²) in [7, 11) is 0. The zero-order valence-corrected chi connectivity index (χ0v) is 7.67. The van der Waals surface area contributed by atoms with Crippen molar-refractivity contribution in [3.63, 3.8) is 0 Å². The fourth-order valence-electron chi connectivity index (χ4n) is 1.23. The first-order valence-corrected chi connectivity index (χ1v) is 4.56. The van der Waals surface area contributed by atoms with E-state index >= 15 is 0 Å². The number of rotatable bonds is 2. The second-order valence-electron chi connectivity index (χ2n) is 3.05. The van der Waals surface area contributed by atoms with Crippen molar-refractivity contribution in [1.29, 1.82) is 0 Å². The highest BCUT2D eigenvalue weighted by Gasteiger charge is 2.30. The van der Waals surface area contributed by atoms with Crippen LogP contribution in [0, 0.1) is 5.92 Å². The molecule has 2 rings (SSSR count). The predicted molar refractivity (Wildman–Crippen MR) is 46.1 cm³/mol. The van der Waals surface area contributed by atoms with Gasteiger partial charge in [-0.3, -0.25) is 0 Å². The molecule has 3 heteroatoms. The molecule has 1 aromatic heterocycles. The molecule has 2 nitrogen and oxygen atoms in total. The SMILES string of the molecule is N[C@H](c1coc(Br)c1)C1CC1. The van der Waals surface area contributed by atoms with Crippen molar-refractivity contribution < 1.29 is 4.42 Å². The molecule has 0 aromatic carbocycles. The smallest absolute Gasteiger partial charge is 0.169 e. The summed E-state index contributed by atoms with van der Waals surface area (Å²) in [5.41, 5.74) is 7.04. The molecule has 1 heterocycles. The third-order valence-electron chi connectivity index (χ3n) is 2.10. The van der Waals surface area contributed by atoms with E-state index in [0.717, 1.165) is 10.2 Å². The van der Waals surface area contributed by atoms with Gasteiger partial charge >= 0.3 is 0 Å². The van der Waals surface area contributed by atoms with Crippen molar-refractivity contribution in [2.75, 3.05) is 0 Å². The number of furan rings is 1. The molecule has 1 aliphatic carbocycles. The van der Waals surface area contributed by atoms with Crippen LogP contribution in [0.1, 0.15) is 24.4 Å². The molecule has 0 aliphatic heterocycles. The van der Waals surface area contributed by atoms with Crippen LogP contribution in [0.25, 0.3) is 0 Å². The monoisotopic (exact) mass is 215 g/mol. The van der Waals surface area contributed by atoms with E-state index in [4.69, 9.17) is 10.2 Å². The maximum absolute atomic E-state index is 5.93. The third-order valence-corrected chi connectivity index (χ3v) is 2.52. The van der Waals surface area contributed by atoms with Gasteiger partial charge in [0, 0.05) is 11.6 Å². The Bertz CT molecular complexity index is 254. The van der Waals surface area contributed by atoms with E-state index in [1.54, 1.807) is 6.26 Å². The molecule has 2 N–H and O–H groups in total. The Morgan fingerprint density at radius 2 is 2.36 bits per heavy atom. The average Bonchev–Trinajstić information content (AvgIpc) is 2.74. The van der Waals surface area contributed by atoms with E-state index in [0.29, 0.717) is 5.92 Å². The lowest BCUT2D eigenvalue weighted by atomic mass is 10.1. The molecule has 0 bridgehead atoms. The van der Waals surface area contributed by atoms with Crippen LogP contribution < -0.4 is 5.73 Å². The van der Waals surface area contributed by atoms with Gasteiger partial charge in [-0.2, -0.15) is 0 Å². The second kappa shape index (κ2) is 2.64. The van der Waals surface area contributed by atoms with Crippen LogP contribution in [0.2, 0.25) is 0 Å². The second-order valence-corrected chi connectivity index (χ2v) is 3.83. The lowest BCUT2D eigenvalue weighted by Gasteiger charge is -2.04. The molecule has 1 aliphatic rings. The van der Waals surface area contributed by atoms with Gasteiger partial charge in [0.15, 0.2) is 4.67 Å². The molecule has 0 spiro atoms. The molecule has 60 valence electrons. The predicted octanol–water partition coefficient (Wildman–Crippen LogP) is 2.45. The van der Waals surface area contributed by atoms with Crippen LogP contribution in [0.5, 0.6) is 0 Å². The van der Waals surface area contributed by atoms with Gasteiger partial charge in [-0.25, -0.2) is 0 Å². The first-order chi connectivity index (χ1) is 5.27. The van der Waals surface area contributed by atoms with Gasteiger partial charge in [-0.1, -0.05) is 0 Å². The first kappa shape index (κ1) is 7.37. The molecule has 1 saturated carbocycles. The van der Waals surface area contributed by atoms with E-state index in [2.05, 4.69) is 15.9 Å². The molecule has 0 unspecified atom stereocenters. The zero-order chi connectivity index (χ0) is 7.84. The van der Waals surface area contributed by atoms with E-state index in [-0.39, 0.29) is 6.04 Å². The average molecular weight is 216 g/mol. The number of hydrogen-bond acceptors (Lipinski definition) is 2. The minimum atomic E-state index is 0.185. The standard InChI is InChI=1S/C8H10BrNO/c9-7-3-6(4-11-7)8(10)5-1-2-5/h3-5,8H,1-2,10H2/t8-/m0/s1. The molecule has 11 heavy (non-hydrogen) atoms. The van der Waals surface area contributed by atoms with Crippen molar-refractivity contribution in [2.45, 2.75) is 18.9 Å². The zero-order valence-electron chi connectivity index (χ0n) is 6.09. The fourth-order valence-corrected chi connectivity index (χ4v) is 1.58. The number of nitrogens with two attached hydrogens (primary N) is 1. The lowest BCUT2D eigenvalue weighted by molar-refractivity contribution is 0.530. The Kier molecular flexibility index (Phi) is 1.77. The van der Waals surface area contributed by atoms with Gasteiger partial charge in [0.2, 0.25) is 0 Å². The Balaban J connectivity index is 2.14. The molecule has 1 atom stereocenters. The van der Waals surface area contributed by atoms with Crippen LogP contribution in [-0.4, -0.2) is 0 Å². The van der Waals surface area contributed by atoms with E-state index in [9.17, 15) is 0 Å². The molecule has 0 amide bonds.